The summed E-state index contributed by atoms with van der Waals surface area (Å²) in [6.45, 7) is 0. The highest BCUT2D eigenvalue weighted by atomic mass is 16.6. The summed E-state index contributed by atoms with van der Waals surface area (Å²) in [4.78, 5) is 46.9. The van der Waals surface area contributed by atoms with Gasteiger partial charge in [0.15, 0.2) is 0 Å². The summed E-state index contributed by atoms with van der Waals surface area (Å²) in [5.74, 6) is -1.28. The van der Waals surface area contributed by atoms with Crippen LogP contribution in [-0.2, 0) is 9.59 Å². The number of ether oxygens (including phenoxy) is 1. The largest absolute Gasteiger partial charge is 0.423 e. The summed E-state index contributed by atoms with van der Waals surface area (Å²) >= 11 is 0. The smallest absolute Gasteiger partial charge is 0.343 e. The highest BCUT2D eigenvalue weighted by molar-refractivity contribution is 6.19. The number of anilines is 1. The minimum Gasteiger partial charge on any atom is -0.423 e. The van der Waals surface area contributed by atoms with Crippen molar-refractivity contribution in [2.45, 2.75) is 12.8 Å². The zero-order valence-corrected chi connectivity index (χ0v) is 12.9. The van der Waals surface area contributed by atoms with Gasteiger partial charge in [0.05, 0.1) is 16.2 Å². The van der Waals surface area contributed by atoms with Crippen LogP contribution in [0.15, 0.2) is 48.5 Å². The van der Waals surface area contributed by atoms with E-state index in [1.807, 2.05) is 0 Å². The van der Waals surface area contributed by atoms with Crippen LogP contribution in [-0.4, -0.2) is 22.7 Å². The van der Waals surface area contributed by atoms with Crippen molar-refractivity contribution in [3.63, 3.8) is 0 Å². The van der Waals surface area contributed by atoms with E-state index in [2.05, 4.69) is 0 Å². The van der Waals surface area contributed by atoms with Crippen molar-refractivity contribution in [2.75, 3.05) is 4.90 Å². The predicted molar refractivity (Wildman–Crippen MR) is 86.2 cm³/mol. The van der Waals surface area contributed by atoms with Crippen LogP contribution in [0.5, 0.6) is 5.75 Å². The van der Waals surface area contributed by atoms with E-state index in [0.29, 0.717) is 5.69 Å². The van der Waals surface area contributed by atoms with Crippen LogP contribution in [0.25, 0.3) is 0 Å². The molecule has 0 aliphatic carbocycles. The number of non-ortho nitro benzene ring substituents is 1. The van der Waals surface area contributed by atoms with Crippen LogP contribution in [0.1, 0.15) is 23.2 Å². The average molecular weight is 340 g/mol. The van der Waals surface area contributed by atoms with Gasteiger partial charge < -0.3 is 4.74 Å². The molecular weight excluding hydrogens is 328 g/mol. The molecule has 8 heteroatoms. The van der Waals surface area contributed by atoms with Gasteiger partial charge in [0.25, 0.3) is 5.69 Å². The van der Waals surface area contributed by atoms with Gasteiger partial charge in [0.2, 0.25) is 11.8 Å². The Kier molecular flexibility index (Phi) is 4.25. The molecule has 1 aliphatic rings. The lowest BCUT2D eigenvalue weighted by Crippen LogP contribution is -2.28. The Bertz CT molecular complexity index is 876. The number of nitro benzene ring substituents is 1. The molecule has 3 rings (SSSR count). The van der Waals surface area contributed by atoms with E-state index in [1.165, 1.54) is 30.3 Å². The number of esters is 1. The number of hydrogen-bond acceptors (Lipinski definition) is 6. The van der Waals surface area contributed by atoms with Crippen molar-refractivity contribution < 1.29 is 24.0 Å². The lowest BCUT2D eigenvalue weighted by atomic mass is 10.2. The fourth-order valence-electron chi connectivity index (χ4n) is 2.46. The van der Waals surface area contributed by atoms with E-state index in [9.17, 15) is 24.5 Å². The van der Waals surface area contributed by atoms with Gasteiger partial charge in [0, 0.05) is 31.0 Å². The molecule has 0 spiro atoms. The maximum absolute atomic E-state index is 12.2. The van der Waals surface area contributed by atoms with Crippen LogP contribution in [0.2, 0.25) is 0 Å². The monoisotopic (exact) mass is 340 g/mol. The standard InChI is InChI=1S/C17H12N2O6/c20-15-7-8-16(21)18(15)12-4-2-6-14(10-12)25-17(22)11-3-1-5-13(9-11)19(23)24/h1-6,9-10H,7-8H2. The fraction of sp³-hybridized carbons (Fsp3) is 0.118. The number of carbonyl (C=O) groups is 3. The quantitative estimate of drug-likeness (QED) is 0.278. The molecule has 0 saturated carbocycles. The Balaban J connectivity index is 1.81. The second-order valence-corrected chi connectivity index (χ2v) is 5.32. The number of benzene rings is 2. The first kappa shape index (κ1) is 16.3. The van der Waals surface area contributed by atoms with Gasteiger partial charge in [-0.15, -0.1) is 0 Å². The molecule has 25 heavy (non-hydrogen) atoms. The van der Waals surface area contributed by atoms with E-state index >= 15 is 0 Å². The number of nitrogens with zero attached hydrogens (tertiary/aromatic N) is 2. The minimum atomic E-state index is -0.778. The fourth-order valence-corrected chi connectivity index (χ4v) is 2.46. The van der Waals surface area contributed by atoms with E-state index in [0.717, 1.165) is 11.0 Å². The van der Waals surface area contributed by atoms with Gasteiger partial charge in [-0.1, -0.05) is 12.1 Å². The first-order chi connectivity index (χ1) is 12.0. The molecule has 0 radical (unpaired) electrons. The summed E-state index contributed by atoms with van der Waals surface area (Å²) in [6.07, 6.45) is 0.299. The number of hydrogen-bond donors (Lipinski definition) is 0. The molecule has 2 aromatic rings. The second-order valence-electron chi connectivity index (χ2n) is 5.32. The van der Waals surface area contributed by atoms with Crippen molar-refractivity contribution in [3.8, 4) is 5.75 Å². The molecule has 0 N–H and O–H groups in total. The Morgan fingerprint density at radius 1 is 1.04 bits per heavy atom. The average Bonchev–Trinajstić information content (AvgIpc) is 2.94. The molecule has 0 aromatic heterocycles. The molecule has 1 heterocycles. The molecule has 0 bridgehead atoms. The summed E-state index contributed by atoms with van der Waals surface area (Å²) in [5, 5.41) is 10.8. The van der Waals surface area contributed by atoms with Crippen molar-refractivity contribution in [1.29, 1.82) is 0 Å². The molecule has 0 atom stereocenters. The molecule has 2 amide bonds. The van der Waals surface area contributed by atoms with Crippen LogP contribution in [0.3, 0.4) is 0 Å². The Labute approximate surface area is 141 Å². The van der Waals surface area contributed by atoms with Crippen LogP contribution in [0, 0.1) is 10.1 Å². The highest BCUT2D eigenvalue weighted by Gasteiger charge is 2.30. The molecule has 2 aromatic carbocycles. The van der Waals surface area contributed by atoms with Crippen LogP contribution >= 0.6 is 0 Å². The molecule has 8 nitrogen and oxygen atoms in total. The molecule has 1 saturated heterocycles. The van der Waals surface area contributed by atoms with Crippen LogP contribution in [0.4, 0.5) is 11.4 Å². The maximum atomic E-state index is 12.2. The van der Waals surface area contributed by atoms with Crippen molar-refractivity contribution in [2.24, 2.45) is 0 Å². The Morgan fingerprint density at radius 3 is 2.40 bits per heavy atom. The number of carbonyl (C=O) groups excluding carboxylic acids is 3. The molecule has 1 fully saturated rings. The van der Waals surface area contributed by atoms with Crippen molar-refractivity contribution >= 4 is 29.2 Å². The summed E-state index contributed by atoms with van der Waals surface area (Å²) in [7, 11) is 0. The molecule has 0 unspecified atom stereocenters. The molecule has 1 aliphatic heterocycles. The summed E-state index contributed by atoms with van der Waals surface area (Å²) in [5.41, 5.74) is 0.112. The Morgan fingerprint density at radius 2 is 1.72 bits per heavy atom. The van der Waals surface area contributed by atoms with Crippen molar-refractivity contribution in [1.82, 2.24) is 0 Å². The second kappa shape index (κ2) is 6.52. The number of rotatable bonds is 4. The lowest BCUT2D eigenvalue weighted by molar-refractivity contribution is -0.384. The van der Waals surface area contributed by atoms with E-state index in [1.54, 1.807) is 12.1 Å². The number of imide groups is 1. The topological polar surface area (TPSA) is 107 Å². The zero-order valence-electron chi connectivity index (χ0n) is 12.9. The normalized spacial score (nSPS) is 13.8. The maximum Gasteiger partial charge on any atom is 0.343 e. The Hall–Kier alpha value is -3.55. The van der Waals surface area contributed by atoms with Gasteiger partial charge in [-0.05, 0) is 18.2 Å². The van der Waals surface area contributed by atoms with Gasteiger partial charge in [0.1, 0.15) is 5.75 Å². The number of nitro groups is 1. The summed E-state index contributed by atoms with van der Waals surface area (Å²) in [6, 6.07) is 11.2. The van der Waals surface area contributed by atoms with Gasteiger partial charge in [-0.25, -0.2) is 4.79 Å². The van der Waals surface area contributed by atoms with Gasteiger partial charge >= 0.3 is 5.97 Å². The minimum absolute atomic E-state index is 0.0212. The van der Waals surface area contributed by atoms with Gasteiger partial charge in [-0.3, -0.25) is 24.6 Å². The third kappa shape index (κ3) is 3.37. The lowest BCUT2D eigenvalue weighted by Gasteiger charge is -2.14. The third-order valence-electron chi connectivity index (χ3n) is 3.63. The first-order valence-corrected chi connectivity index (χ1v) is 7.38. The van der Waals surface area contributed by atoms with E-state index < -0.39 is 10.9 Å². The van der Waals surface area contributed by atoms with Crippen LogP contribution < -0.4 is 9.64 Å². The molecule has 126 valence electrons. The van der Waals surface area contributed by atoms with E-state index in [-0.39, 0.29) is 41.7 Å². The first-order valence-electron chi connectivity index (χ1n) is 7.38. The van der Waals surface area contributed by atoms with Crippen molar-refractivity contribution in [3.05, 3.63) is 64.2 Å². The third-order valence-corrected chi connectivity index (χ3v) is 3.63. The van der Waals surface area contributed by atoms with E-state index in [4.69, 9.17) is 4.74 Å². The molecular formula is C17H12N2O6. The highest BCUT2D eigenvalue weighted by Crippen LogP contribution is 2.26. The SMILES string of the molecule is O=C(Oc1cccc(N2C(=O)CCC2=O)c1)c1cccc([N+](=O)[O-])c1. The number of amides is 2. The van der Waals surface area contributed by atoms with Gasteiger partial charge in [-0.2, -0.15) is 0 Å². The predicted octanol–water partition coefficient (Wildman–Crippen LogP) is 2.47. The summed E-state index contributed by atoms with van der Waals surface area (Å²) < 4.78 is 5.20. The zero-order chi connectivity index (χ0) is 18.0.